The van der Waals surface area contributed by atoms with Crippen molar-refractivity contribution in [1.29, 1.82) is 0 Å². The summed E-state index contributed by atoms with van der Waals surface area (Å²) in [5, 5.41) is 2.60. The molecule has 0 fully saturated rings. The monoisotopic (exact) mass is 366 g/mol. The fourth-order valence-electron chi connectivity index (χ4n) is 2.18. The number of nitrogens with one attached hydrogen (secondary N) is 1. The first-order chi connectivity index (χ1) is 12.4. The lowest BCUT2D eigenvalue weighted by molar-refractivity contribution is -0.113. The molecule has 0 radical (unpaired) electrons. The molecule has 0 amide bonds. The minimum atomic E-state index is -0.436. The predicted octanol–water partition coefficient (Wildman–Crippen LogP) is 4.72. The molecule has 2 aromatic rings. The second-order valence-corrected chi connectivity index (χ2v) is 6.01. The fraction of sp³-hybridized carbons (Fsp3) is 0.0952. The van der Waals surface area contributed by atoms with E-state index in [0.717, 1.165) is 11.3 Å². The van der Waals surface area contributed by atoms with Gasteiger partial charge in [-0.05, 0) is 18.6 Å². The van der Waals surface area contributed by atoms with E-state index in [9.17, 15) is 9.59 Å². The van der Waals surface area contributed by atoms with Crippen LogP contribution < -0.4 is 5.32 Å². The third kappa shape index (κ3) is 5.01. The minimum absolute atomic E-state index is 0.0123. The molecule has 0 aliphatic rings. The smallest absolute Gasteiger partial charge is 0.206 e. The third-order valence-corrected chi connectivity index (χ3v) is 3.93. The van der Waals surface area contributed by atoms with Gasteiger partial charge in [-0.1, -0.05) is 66.7 Å². The van der Waals surface area contributed by atoms with E-state index in [2.05, 4.69) is 16.9 Å². The van der Waals surface area contributed by atoms with Crippen LogP contribution in [0.4, 0.5) is 5.69 Å². The van der Waals surface area contributed by atoms with Crippen LogP contribution >= 0.6 is 11.6 Å². The molecule has 0 aromatic heterocycles. The lowest BCUT2D eigenvalue weighted by Gasteiger charge is -2.10. The van der Waals surface area contributed by atoms with Gasteiger partial charge in [-0.3, -0.25) is 14.6 Å². The van der Waals surface area contributed by atoms with Crippen LogP contribution in [0.2, 0.25) is 0 Å². The lowest BCUT2D eigenvalue weighted by Crippen LogP contribution is -2.22. The zero-order valence-electron chi connectivity index (χ0n) is 14.6. The molecule has 132 valence electrons. The van der Waals surface area contributed by atoms with Crippen molar-refractivity contribution < 1.29 is 9.59 Å². The van der Waals surface area contributed by atoms with E-state index < -0.39 is 5.78 Å². The van der Waals surface area contributed by atoms with Crippen molar-refractivity contribution in [2.24, 2.45) is 4.99 Å². The summed E-state index contributed by atoms with van der Waals surface area (Å²) in [6.45, 7) is 7.09. The second kappa shape index (κ2) is 8.92. The van der Waals surface area contributed by atoms with Crippen molar-refractivity contribution >= 4 is 35.1 Å². The summed E-state index contributed by atoms with van der Waals surface area (Å²) in [6.07, 6.45) is 1.49. The van der Waals surface area contributed by atoms with E-state index in [-0.39, 0.29) is 16.5 Å². The van der Waals surface area contributed by atoms with Crippen LogP contribution in [0.25, 0.3) is 0 Å². The molecule has 0 aliphatic heterocycles. The van der Waals surface area contributed by atoms with Gasteiger partial charge in [0.05, 0.1) is 11.9 Å². The quantitative estimate of drug-likeness (QED) is 0.438. The molecule has 0 aliphatic carbocycles. The van der Waals surface area contributed by atoms with Crippen LogP contribution in [-0.4, -0.2) is 17.8 Å². The number of hydrogen-bond acceptors (Lipinski definition) is 4. The average molecular weight is 367 g/mol. The molecule has 0 saturated heterocycles. The zero-order valence-corrected chi connectivity index (χ0v) is 15.4. The molecule has 0 bridgehead atoms. The Balaban J connectivity index is 2.22. The average Bonchev–Trinajstić information content (AvgIpc) is 2.64. The standard InChI is InChI=1S/C21H19ClN2O2/c1-14-9-7-8-12-18(14)23-13-15(2)24-20(16(3)25)19(22)21(26)17-10-5-4-6-11-17/h4-13,24H,2H2,1,3H3/b20-19-,23-13?. The number of para-hydroxylation sites is 1. The normalized spacial score (nSPS) is 11.8. The maximum absolute atomic E-state index is 12.5. The first-order valence-electron chi connectivity index (χ1n) is 7.96. The summed E-state index contributed by atoms with van der Waals surface area (Å²) < 4.78 is 0. The van der Waals surface area contributed by atoms with Crippen molar-refractivity contribution in [3.05, 3.63) is 88.7 Å². The Bertz CT molecular complexity index is 899. The van der Waals surface area contributed by atoms with Crippen LogP contribution in [0, 0.1) is 6.92 Å². The van der Waals surface area contributed by atoms with Crippen molar-refractivity contribution in [1.82, 2.24) is 5.32 Å². The second-order valence-electron chi connectivity index (χ2n) is 5.64. The summed E-state index contributed by atoms with van der Waals surface area (Å²) >= 11 is 6.17. The van der Waals surface area contributed by atoms with E-state index in [1.807, 2.05) is 31.2 Å². The van der Waals surface area contributed by atoms with Gasteiger partial charge in [-0.25, -0.2) is 0 Å². The molecule has 0 saturated carbocycles. The maximum Gasteiger partial charge on any atom is 0.206 e. The number of rotatable bonds is 7. The van der Waals surface area contributed by atoms with E-state index in [1.54, 1.807) is 30.3 Å². The summed E-state index contributed by atoms with van der Waals surface area (Å²) in [7, 11) is 0. The number of carbonyl (C=O) groups excluding carboxylic acids is 2. The highest BCUT2D eigenvalue weighted by Crippen LogP contribution is 2.18. The predicted molar refractivity (Wildman–Crippen MR) is 106 cm³/mol. The number of aryl methyl sites for hydroxylation is 1. The number of carbonyl (C=O) groups is 2. The number of Topliss-reactive ketones (excluding diaryl/α,β-unsaturated/α-hetero) is 2. The van der Waals surface area contributed by atoms with Crippen LogP contribution in [0.15, 0.2) is 82.6 Å². The largest absolute Gasteiger partial charge is 0.351 e. The van der Waals surface area contributed by atoms with E-state index in [4.69, 9.17) is 11.6 Å². The Morgan fingerprint density at radius 1 is 1.08 bits per heavy atom. The van der Waals surface area contributed by atoms with Gasteiger partial charge in [-0.15, -0.1) is 0 Å². The van der Waals surface area contributed by atoms with Gasteiger partial charge >= 0.3 is 0 Å². The van der Waals surface area contributed by atoms with Crippen LogP contribution in [-0.2, 0) is 4.79 Å². The van der Waals surface area contributed by atoms with Crippen molar-refractivity contribution in [2.45, 2.75) is 13.8 Å². The Kier molecular flexibility index (Phi) is 6.64. The molecular weight excluding hydrogens is 348 g/mol. The zero-order chi connectivity index (χ0) is 19.1. The van der Waals surface area contributed by atoms with Gasteiger partial charge in [0.25, 0.3) is 0 Å². The summed E-state index contributed by atoms with van der Waals surface area (Å²) in [5.41, 5.74) is 2.53. The molecule has 2 aromatic carbocycles. The highest BCUT2D eigenvalue weighted by Gasteiger charge is 2.18. The first kappa shape index (κ1) is 19.3. The fourth-order valence-corrected chi connectivity index (χ4v) is 2.47. The van der Waals surface area contributed by atoms with E-state index in [1.165, 1.54) is 13.1 Å². The van der Waals surface area contributed by atoms with Gasteiger partial charge in [0, 0.05) is 18.2 Å². The molecule has 0 heterocycles. The van der Waals surface area contributed by atoms with Gasteiger partial charge in [-0.2, -0.15) is 0 Å². The topological polar surface area (TPSA) is 58.5 Å². The van der Waals surface area contributed by atoms with Gasteiger partial charge in [0.15, 0.2) is 5.78 Å². The Morgan fingerprint density at radius 3 is 2.31 bits per heavy atom. The molecule has 2 rings (SSSR count). The van der Waals surface area contributed by atoms with E-state index in [0.29, 0.717) is 11.3 Å². The van der Waals surface area contributed by atoms with Crippen molar-refractivity contribution in [3.8, 4) is 0 Å². The van der Waals surface area contributed by atoms with Crippen molar-refractivity contribution in [2.75, 3.05) is 0 Å². The van der Waals surface area contributed by atoms with Crippen LogP contribution in [0.1, 0.15) is 22.8 Å². The summed E-state index contributed by atoms with van der Waals surface area (Å²) in [4.78, 5) is 28.7. The number of hydrogen-bond donors (Lipinski definition) is 1. The van der Waals surface area contributed by atoms with E-state index >= 15 is 0 Å². The Labute approximate surface area is 157 Å². The molecule has 0 unspecified atom stereocenters. The number of aliphatic imine (C=N–C) groups is 1. The number of halogens is 1. The van der Waals surface area contributed by atoms with Crippen LogP contribution in [0.3, 0.4) is 0 Å². The van der Waals surface area contributed by atoms with Gasteiger partial charge in [0.2, 0.25) is 5.78 Å². The molecule has 0 spiro atoms. The molecule has 26 heavy (non-hydrogen) atoms. The molecule has 1 N–H and O–H groups in total. The Morgan fingerprint density at radius 2 is 1.69 bits per heavy atom. The highest BCUT2D eigenvalue weighted by molar-refractivity contribution is 6.47. The van der Waals surface area contributed by atoms with Gasteiger partial charge in [0.1, 0.15) is 10.7 Å². The summed E-state index contributed by atoms with van der Waals surface area (Å²) in [5.74, 6) is -0.807. The molecular formula is C21H19ClN2O2. The lowest BCUT2D eigenvalue weighted by atomic mass is 10.1. The molecule has 5 heteroatoms. The van der Waals surface area contributed by atoms with Gasteiger partial charge < -0.3 is 5.32 Å². The number of allylic oxidation sites excluding steroid dienone is 3. The van der Waals surface area contributed by atoms with Crippen molar-refractivity contribution in [3.63, 3.8) is 0 Å². The van der Waals surface area contributed by atoms with Crippen LogP contribution in [0.5, 0.6) is 0 Å². The Hall–Kier alpha value is -2.98. The molecule has 0 atom stereocenters. The summed E-state index contributed by atoms with van der Waals surface area (Å²) in [6, 6.07) is 16.1. The SMILES string of the molecule is C=C(C=Nc1ccccc1C)N/C(C(C)=O)=C(\Cl)C(=O)c1ccccc1. The highest BCUT2D eigenvalue weighted by atomic mass is 35.5. The molecule has 4 nitrogen and oxygen atoms in total. The number of benzene rings is 2. The minimum Gasteiger partial charge on any atom is -0.351 e. The third-order valence-electron chi connectivity index (χ3n) is 3.57. The number of ketones is 2. The maximum atomic E-state index is 12.5. The first-order valence-corrected chi connectivity index (χ1v) is 8.34. The number of nitrogens with zero attached hydrogens (tertiary/aromatic N) is 1.